The van der Waals surface area contributed by atoms with Gasteiger partial charge >= 0.3 is 0 Å². The molecule has 0 bridgehead atoms. The first-order valence-corrected chi connectivity index (χ1v) is 10.3. The SMILES string of the molecule is COc1ccn2cc(-c3cccc(-c4cncc(O[C@H]5CCOC5)c4)c3)nc2c1C(N)=O. The zero-order valence-electron chi connectivity index (χ0n) is 17.5. The van der Waals surface area contributed by atoms with Gasteiger partial charge in [-0.25, -0.2) is 4.98 Å². The molecule has 8 heteroatoms. The number of fused-ring (bicyclic) bond motifs is 1. The van der Waals surface area contributed by atoms with Crippen LogP contribution in [0.5, 0.6) is 11.5 Å². The third-order valence-electron chi connectivity index (χ3n) is 5.45. The summed E-state index contributed by atoms with van der Waals surface area (Å²) in [4.78, 5) is 21.0. The van der Waals surface area contributed by atoms with Gasteiger partial charge in [-0.15, -0.1) is 0 Å². The molecule has 8 nitrogen and oxygen atoms in total. The highest BCUT2D eigenvalue weighted by molar-refractivity contribution is 6.01. The van der Waals surface area contributed by atoms with Crippen LogP contribution in [0.1, 0.15) is 16.8 Å². The van der Waals surface area contributed by atoms with Crippen LogP contribution >= 0.6 is 0 Å². The number of pyridine rings is 2. The van der Waals surface area contributed by atoms with Crippen molar-refractivity contribution in [3.63, 3.8) is 0 Å². The third-order valence-corrected chi connectivity index (χ3v) is 5.45. The van der Waals surface area contributed by atoms with Crippen LogP contribution in [-0.4, -0.2) is 46.7 Å². The predicted octanol–water partition coefficient (Wildman–Crippen LogP) is 3.34. The Morgan fingerprint density at radius 1 is 1.19 bits per heavy atom. The van der Waals surface area contributed by atoms with Crippen molar-refractivity contribution in [2.24, 2.45) is 5.73 Å². The maximum absolute atomic E-state index is 12.0. The van der Waals surface area contributed by atoms with Crippen LogP contribution in [0.4, 0.5) is 0 Å². The van der Waals surface area contributed by atoms with Gasteiger partial charge in [0.05, 0.1) is 32.2 Å². The van der Waals surface area contributed by atoms with E-state index in [0.29, 0.717) is 29.4 Å². The minimum atomic E-state index is -0.589. The molecule has 2 N–H and O–H groups in total. The Labute approximate surface area is 184 Å². The molecule has 1 aromatic carbocycles. The second kappa shape index (κ2) is 8.32. The molecular weight excluding hydrogens is 408 g/mol. The van der Waals surface area contributed by atoms with Crippen molar-refractivity contribution in [3.8, 4) is 33.9 Å². The van der Waals surface area contributed by atoms with Gasteiger partial charge in [0.1, 0.15) is 23.2 Å². The van der Waals surface area contributed by atoms with Gasteiger partial charge in [0.25, 0.3) is 5.91 Å². The summed E-state index contributed by atoms with van der Waals surface area (Å²) in [5.41, 5.74) is 9.81. The number of carbonyl (C=O) groups is 1. The van der Waals surface area contributed by atoms with E-state index in [0.717, 1.165) is 29.7 Å². The molecule has 0 saturated carbocycles. The molecular formula is C24H22N4O4. The number of rotatable bonds is 6. The summed E-state index contributed by atoms with van der Waals surface area (Å²) in [6.07, 6.45) is 8.11. The number of amides is 1. The smallest absolute Gasteiger partial charge is 0.256 e. The van der Waals surface area contributed by atoms with Gasteiger partial charge in [-0.3, -0.25) is 9.78 Å². The minimum Gasteiger partial charge on any atom is -0.496 e. The van der Waals surface area contributed by atoms with Gasteiger partial charge in [-0.2, -0.15) is 0 Å². The largest absolute Gasteiger partial charge is 0.496 e. The van der Waals surface area contributed by atoms with Gasteiger partial charge in [0.15, 0.2) is 5.65 Å². The fourth-order valence-electron chi connectivity index (χ4n) is 3.87. The highest BCUT2D eigenvalue weighted by atomic mass is 16.5. The van der Waals surface area contributed by atoms with E-state index in [1.54, 1.807) is 29.1 Å². The topological polar surface area (TPSA) is 101 Å². The molecule has 1 amide bonds. The Balaban J connectivity index is 1.50. The molecule has 162 valence electrons. The van der Waals surface area contributed by atoms with Crippen LogP contribution < -0.4 is 15.2 Å². The summed E-state index contributed by atoms with van der Waals surface area (Å²) in [6, 6.07) is 11.6. The molecule has 1 fully saturated rings. The number of hydrogen-bond donors (Lipinski definition) is 1. The van der Waals surface area contributed by atoms with Crippen LogP contribution in [0.15, 0.2) is 61.2 Å². The Hall–Kier alpha value is -3.91. The van der Waals surface area contributed by atoms with Gasteiger partial charge in [0, 0.05) is 36.1 Å². The molecule has 0 unspecified atom stereocenters. The molecule has 4 aromatic rings. The first kappa shape index (κ1) is 20.0. The van der Waals surface area contributed by atoms with E-state index in [2.05, 4.69) is 9.97 Å². The second-order valence-corrected chi connectivity index (χ2v) is 7.57. The summed E-state index contributed by atoms with van der Waals surface area (Å²) in [5.74, 6) is 0.523. The number of nitrogens with zero attached hydrogens (tertiary/aromatic N) is 3. The summed E-state index contributed by atoms with van der Waals surface area (Å²) in [6.45, 7) is 1.33. The summed E-state index contributed by atoms with van der Waals surface area (Å²) < 4.78 is 18.4. The molecule has 0 aliphatic carbocycles. The number of aromatic nitrogens is 3. The molecule has 4 heterocycles. The third kappa shape index (κ3) is 3.76. The molecule has 0 radical (unpaired) electrons. The van der Waals surface area contributed by atoms with Crippen molar-refractivity contribution in [1.82, 2.24) is 14.4 Å². The monoisotopic (exact) mass is 430 g/mol. The van der Waals surface area contributed by atoms with Crippen LogP contribution in [0.25, 0.3) is 28.0 Å². The van der Waals surface area contributed by atoms with E-state index in [4.69, 9.17) is 19.9 Å². The van der Waals surface area contributed by atoms with E-state index in [1.807, 2.05) is 36.5 Å². The lowest BCUT2D eigenvalue weighted by Crippen LogP contribution is -2.15. The number of primary amides is 1. The highest BCUT2D eigenvalue weighted by Gasteiger charge is 2.19. The summed E-state index contributed by atoms with van der Waals surface area (Å²) in [7, 11) is 1.50. The van der Waals surface area contributed by atoms with Crippen molar-refractivity contribution in [2.45, 2.75) is 12.5 Å². The fraction of sp³-hybridized carbons (Fsp3) is 0.208. The summed E-state index contributed by atoms with van der Waals surface area (Å²) >= 11 is 0. The van der Waals surface area contributed by atoms with E-state index in [1.165, 1.54) is 7.11 Å². The first-order chi connectivity index (χ1) is 15.6. The van der Waals surface area contributed by atoms with Gasteiger partial charge < -0.3 is 24.3 Å². The summed E-state index contributed by atoms with van der Waals surface area (Å²) in [5, 5.41) is 0. The molecule has 5 rings (SSSR count). The zero-order valence-corrected chi connectivity index (χ0v) is 17.5. The molecule has 0 spiro atoms. The van der Waals surface area contributed by atoms with Crippen LogP contribution in [0, 0.1) is 0 Å². The Morgan fingerprint density at radius 3 is 2.84 bits per heavy atom. The first-order valence-electron chi connectivity index (χ1n) is 10.3. The van der Waals surface area contributed by atoms with Crippen LogP contribution in [-0.2, 0) is 4.74 Å². The lowest BCUT2D eigenvalue weighted by atomic mass is 10.0. The predicted molar refractivity (Wildman–Crippen MR) is 119 cm³/mol. The normalized spacial score (nSPS) is 15.7. The lowest BCUT2D eigenvalue weighted by Gasteiger charge is -2.12. The molecule has 32 heavy (non-hydrogen) atoms. The van der Waals surface area contributed by atoms with Gasteiger partial charge in [0.2, 0.25) is 0 Å². The quantitative estimate of drug-likeness (QED) is 0.504. The number of carbonyl (C=O) groups excluding carboxylic acids is 1. The zero-order chi connectivity index (χ0) is 22.1. The lowest BCUT2D eigenvalue weighted by molar-refractivity contribution is 0.0998. The molecule has 1 aliphatic heterocycles. The maximum Gasteiger partial charge on any atom is 0.256 e. The van der Waals surface area contributed by atoms with Gasteiger partial charge in [-0.1, -0.05) is 18.2 Å². The molecule has 3 aromatic heterocycles. The molecule has 1 saturated heterocycles. The van der Waals surface area contributed by atoms with E-state index in [-0.39, 0.29) is 11.7 Å². The molecule has 1 atom stereocenters. The average molecular weight is 430 g/mol. The Bertz CT molecular complexity index is 1290. The molecule has 1 aliphatic rings. The highest BCUT2D eigenvalue weighted by Crippen LogP contribution is 2.30. The Kier molecular flexibility index (Phi) is 5.20. The average Bonchev–Trinajstić information content (AvgIpc) is 3.48. The van der Waals surface area contributed by atoms with Crippen molar-refractivity contribution in [1.29, 1.82) is 0 Å². The number of imidazole rings is 1. The van der Waals surface area contributed by atoms with Crippen LogP contribution in [0.3, 0.4) is 0 Å². The van der Waals surface area contributed by atoms with Crippen molar-refractivity contribution in [2.75, 3.05) is 20.3 Å². The number of methoxy groups -OCH3 is 1. The van der Waals surface area contributed by atoms with Crippen molar-refractivity contribution in [3.05, 3.63) is 66.7 Å². The van der Waals surface area contributed by atoms with E-state index in [9.17, 15) is 4.79 Å². The van der Waals surface area contributed by atoms with E-state index < -0.39 is 5.91 Å². The fourth-order valence-corrected chi connectivity index (χ4v) is 3.87. The van der Waals surface area contributed by atoms with Gasteiger partial charge in [-0.05, 0) is 23.8 Å². The number of nitrogens with two attached hydrogens (primary N) is 1. The van der Waals surface area contributed by atoms with Crippen molar-refractivity contribution >= 4 is 11.6 Å². The number of benzene rings is 1. The number of hydrogen-bond acceptors (Lipinski definition) is 6. The number of ether oxygens (including phenoxy) is 3. The maximum atomic E-state index is 12.0. The standard InChI is InChI=1S/C24H22N4O4/c1-30-21-5-7-28-13-20(27-24(28)22(21)23(25)29)16-4-2-3-15(9-16)17-10-19(12-26-11-17)32-18-6-8-31-14-18/h2-5,7,9-13,18H,6,8,14H2,1H3,(H2,25,29)/t18-/m0/s1. The van der Waals surface area contributed by atoms with Crippen molar-refractivity contribution < 1.29 is 19.0 Å². The van der Waals surface area contributed by atoms with E-state index >= 15 is 0 Å². The van der Waals surface area contributed by atoms with Crippen LogP contribution in [0.2, 0.25) is 0 Å². The minimum absolute atomic E-state index is 0.0628. The second-order valence-electron chi connectivity index (χ2n) is 7.57. The Morgan fingerprint density at radius 2 is 2.06 bits per heavy atom.